The van der Waals surface area contributed by atoms with E-state index in [1.165, 1.54) is 0 Å². The lowest BCUT2D eigenvalue weighted by Crippen LogP contribution is -2.14. The van der Waals surface area contributed by atoms with E-state index in [2.05, 4.69) is 31.9 Å². The monoisotopic (exact) mass is 383 g/mol. The molecule has 1 atom stereocenters. The van der Waals surface area contributed by atoms with Gasteiger partial charge in [0.2, 0.25) is 0 Å². The second kappa shape index (κ2) is 6.55. The van der Waals surface area contributed by atoms with Crippen molar-refractivity contribution in [3.63, 3.8) is 0 Å². The van der Waals surface area contributed by atoms with Crippen molar-refractivity contribution in [2.75, 3.05) is 7.11 Å². The van der Waals surface area contributed by atoms with E-state index in [-0.39, 0.29) is 6.04 Å². The van der Waals surface area contributed by atoms with Crippen LogP contribution in [0.2, 0.25) is 0 Å². The van der Waals surface area contributed by atoms with Crippen molar-refractivity contribution in [1.29, 1.82) is 0 Å². The lowest BCUT2D eigenvalue weighted by atomic mass is 9.99. The van der Waals surface area contributed by atoms with Crippen LogP contribution in [0, 0.1) is 0 Å². The smallest absolute Gasteiger partial charge is 0.119 e. The molecule has 2 nitrogen and oxygen atoms in total. The number of nitrogens with two attached hydrogens (primary N) is 1. The van der Waals surface area contributed by atoms with E-state index in [4.69, 9.17) is 10.5 Å². The maximum atomic E-state index is 6.30. The fourth-order valence-corrected chi connectivity index (χ4v) is 2.94. The van der Waals surface area contributed by atoms with Gasteiger partial charge in [-0.3, -0.25) is 0 Å². The fraction of sp³-hybridized carbons (Fsp3) is 0.200. The Balaban J connectivity index is 2.24. The average molecular weight is 385 g/mol. The van der Waals surface area contributed by atoms with Gasteiger partial charge < -0.3 is 10.5 Å². The maximum absolute atomic E-state index is 6.30. The zero-order valence-electron chi connectivity index (χ0n) is 10.6. The summed E-state index contributed by atoms with van der Waals surface area (Å²) in [6.45, 7) is 0. The number of benzene rings is 2. The molecule has 0 bridgehead atoms. The van der Waals surface area contributed by atoms with E-state index in [1.54, 1.807) is 7.11 Å². The van der Waals surface area contributed by atoms with E-state index in [9.17, 15) is 0 Å². The largest absolute Gasteiger partial charge is 0.497 e. The number of hydrogen-bond donors (Lipinski definition) is 1. The SMILES string of the molecule is COc1ccc(Br)c(CC(N)c2ccccc2Br)c1. The third-order valence-corrected chi connectivity index (χ3v) is 4.49. The first-order valence-corrected chi connectivity index (χ1v) is 7.53. The molecule has 2 rings (SSSR count). The summed E-state index contributed by atoms with van der Waals surface area (Å²) in [5.41, 5.74) is 8.55. The predicted molar refractivity (Wildman–Crippen MR) is 85.5 cm³/mol. The Labute approximate surface area is 130 Å². The third-order valence-electron chi connectivity index (χ3n) is 3.00. The van der Waals surface area contributed by atoms with Crippen molar-refractivity contribution in [2.45, 2.75) is 12.5 Å². The van der Waals surface area contributed by atoms with Gasteiger partial charge in [-0.1, -0.05) is 50.1 Å². The summed E-state index contributed by atoms with van der Waals surface area (Å²) in [7, 11) is 1.67. The number of rotatable bonds is 4. The van der Waals surface area contributed by atoms with E-state index in [1.807, 2.05) is 42.5 Å². The molecule has 0 fully saturated rings. The molecule has 0 aromatic heterocycles. The fourth-order valence-electron chi connectivity index (χ4n) is 1.96. The summed E-state index contributed by atoms with van der Waals surface area (Å²) < 4.78 is 7.34. The zero-order chi connectivity index (χ0) is 13.8. The van der Waals surface area contributed by atoms with Gasteiger partial charge in [-0.15, -0.1) is 0 Å². The molecule has 0 aliphatic heterocycles. The molecule has 2 aromatic rings. The molecule has 0 amide bonds. The Hall–Kier alpha value is -0.840. The number of halogens is 2. The van der Waals surface area contributed by atoms with Crippen LogP contribution < -0.4 is 10.5 Å². The van der Waals surface area contributed by atoms with Gasteiger partial charge >= 0.3 is 0 Å². The summed E-state index contributed by atoms with van der Waals surface area (Å²) in [6, 6.07) is 13.9. The maximum Gasteiger partial charge on any atom is 0.119 e. The first-order valence-electron chi connectivity index (χ1n) is 5.94. The molecule has 0 heterocycles. The molecule has 19 heavy (non-hydrogen) atoms. The van der Waals surface area contributed by atoms with Crippen LogP contribution >= 0.6 is 31.9 Å². The quantitative estimate of drug-likeness (QED) is 0.844. The van der Waals surface area contributed by atoms with Gasteiger partial charge in [0, 0.05) is 15.0 Å². The van der Waals surface area contributed by atoms with Gasteiger partial charge in [0.05, 0.1) is 7.11 Å². The van der Waals surface area contributed by atoms with Crippen molar-refractivity contribution >= 4 is 31.9 Å². The number of hydrogen-bond acceptors (Lipinski definition) is 2. The summed E-state index contributed by atoms with van der Waals surface area (Å²) in [5.74, 6) is 0.845. The summed E-state index contributed by atoms with van der Waals surface area (Å²) in [6.07, 6.45) is 0.750. The molecular weight excluding hydrogens is 370 g/mol. The normalized spacial score (nSPS) is 12.2. The summed E-state index contributed by atoms with van der Waals surface area (Å²) in [4.78, 5) is 0. The molecule has 100 valence electrons. The molecule has 0 spiro atoms. The molecule has 1 unspecified atom stereocenters. The van der Waals surface area contributed by atoms with Crippen LogP contribution in [0.3, 0.4) is 0 Å². The second-order valence-corrected chi connectivity index (χ2v) is 6.00. The summed E-state index contributed by atoms with van der Waals surface area (Å²) >= 11 is 7.10. The highest BCUT2D eigenvalue weighted by molar-refractivity contribution is 9.10. The van der Waals surface area contributed by atoms with E-state index < -0.39 is 0 Å². The second-order valence-electron chi connectivity index (χ2n) is 4.29. The van der Waals surface area contributed by atoms with Crippen molar-refractivity contribution in [3.05, 3.63) is 62.5 Å². The molecule has 0 saturated carbocycles. The van der Waals surface area contributed by atoms with E-state index in [0.717, 1.165) is 32.2 Å². The Bertz CT molecular complexity index is 572. The Kier molecular flexibility index (Phi) is 5.02. The molecular formula is C15H15Br2NO. The van der Waals surface area contributed by atoms with Gasteiger partial charge in [-0.25, -0.2) is 0 Å². The molecule has 0 aliphatic carbocycles. The molecule has 4 heteroatoms. The van der Waals surface area contributed by atoms with Crippen LogP contribution in [0.25, 0.3) is 0 Å². The minimum atomic E-state index is -0.0565. The van der Waals surface area contributed by atoms with Crippen LogP contribution in [-0.4, -0.2) is 7.11 Å². The van der Waals surface area contributed by atoms with Crippen LogP contribution in [0.15, 0.2) is 51.4 Å². The molecule has 0 radical (unpaired) electrons. The van der Waals surface area contributed by atoms with Gasteiger partial charge in [0.15, 0.2) is 0 Å². The average Bonchev–Trinajstić information content (AvgIpc) is 2.41. The Morgan fingerprint density at radius 3 is 2.53 bits per heavy atom. The van der Waals surface area contributed by atoms with Gasteiger partial charge in [-0.2, -0.15) is 0 Å². The van der Waals surface area contributed by atoms with Crippen LogP contribution in [0.5, 0.6) is 5.75 Å². The van der Waals surface area contributed by atoms with Crippen LogP contribution in [0.1, 0.15) is 17.2 Å². The minimum Gasteiger partial charge on any atom is -0.497 e. The summed E-state index contributed by atoms with van der Waals surface area (Å²) in [5, 5.41) is 0. The van der Waals surface area contributed by atoms with Crippen LogP contribution in [0.4, 0.5) is 0 Å². The minimum absolute atomic E-state index is 0.0565. The van der Waals surface area contributed by atoms with E-state index in [0.29, 0.717) is 0 Å². The molecule has 2 aromatic carbocycles. The highest BCUT2D eigenvalue weighted by Crippen LogP contribution is 2.29. The van der Waals surface area contributed by atoms with E-state index >= 15 is 0 Å². The lowest BCUT2D eigenvalue weighted by Gasteiger charge is -2.15. The Morgan fingerprint density at radius 1 is 1.11 bits per heavy atom. The van der Waals surface area contributed by atoms with Crippen molar-refractivity contribution in [2.24, 2.45) is 5.73 Å². The molecule has 0 aliphatic rings. The van der Waals surface area contributed by atoms with Gasteiger partial charge in [0.25, 0.3) is 0 Å². The topological polar surface area (TPSA) is 35.2 Å². The third kappa shape index (κ3) is 3.59. The van der Waals surface area contributed by atoms with Crippen LogP contribution in [-0.2, 0) is 6.42 Å². The number of ether oxygens (including phenoxy) is 1. The highest BCUT2D eigenvalue weighted by Gasteiger charge is 2.12. The standard InChI is InChI=1S/C15H15Br2NO/c1-19-11-6-7-13(16)10(8-11)9-15(18)12-4-2-3-5-14(12)17/h2-8,15H,9,18H2,1H3. The number of methoxy groups -OCH3 is 1. The van der Waals surface area contributed by atoms with Gasteiger partial charge in [0.1, 0.15) is 5.75 Å². The first-order chi connectivity index (χ1) is 9.11. The van der Waals surface area contributed by atoms with Gasteiger partial charge in [-0.05, 0) is 41.8 Å². The highest BCUT2D eigenvalue weighted by atomic mass is 79.9. The molecule has 2 N–H and O–H groups in total. The zero-order valence-corrected chi connectivity index (χ0v) is 13.7. The predicted octanol–water partition coefficient (Wildman–Crippen LogP) is 4.46. The Morgan fingerprint density at radius 2 is 1.84 bits per heavy atom. The van der Waals surface area contributed by atoms with Crippen molar-refractivity contribution in [3.8, 4) is 5.75 Å². The van der Waals surface area contributed by atoms with Crippen molar-refractivity contribution in [1.82, 2.24) is 0 Å². The lowest BCUT2D eigenvalue weighted by molar-refractivity contribution is 0.414. The first kappa shape index (κ1) is 14.6. The molecule has 0 saturated heterocycles. The van der Waals surface area contributed by atoms with Crippen molar-refractivity contribution < 1.29 is 4.74 Å².